The summed E-state index contributed by atoms with van der Waals surface area (Å²) in [5, 5.41) is 2.23. The maximum atomic E-state index is 13.9. The lowest BCUT2D eigenvalue weighted by Gasteiger charge is -2.25. The molecule has 0 bridgehead atoms. The lowest BCUT2D eigenvalue weighted by atomic mass is 10.1. The van der Waals surface area contributed by atoms with Gasteiger partial charge in [-0.15, -0.1) is 11.3 Å². The molecule has 1 aromatic carbocycles. The van der Waals surface area contributed by atoms with E-state index in [1.54, 1.807) is 19.2 Å². The van der Waals surface area contributed by atoms with Gasteiger partial charge in [-0.1, -0.05) is 26.0 Å². The number of sulfonamides is 1. The quantitative estimate of drug-likeness (QED) is 0.497. The SMILES string of the molecule is CC(C)[C@H](NS(=O)(=O)c1ccccc1F)C(=O)NNC(=O)c1csc(N2CCOCC2)n1. The number of nitrogens with one attached hydrogen (secondary N) is 3. The standard InChI is InChI=1S/C19H24FN5O5S2/c1-12(2)16(24-32(28,29)15-6-4-3-5-13(15)20)18(27)23-22-17(26)14-11-31-19(21-14)25-7-9-30-10-8-25/h3-6,11-12,16,24H,7-10H2,1-2H3,(H,22,26)(H,23,27)/t16-/m0/s1. The number of benzene rings is 1. The van der Waals surface area contributed by atoms with Crippen molar-refractivity contribution in [1.29, 1.82) is 0 Å². The molecule has 0 unspecified atom stereocenters. The molecular weight excluding hydrogens is 461 g/mol. The average molecular weight is 486 g/mol. The van der Waals surface area contributed by atoms with E-state index in [0.29, 0.717) is 31.4 Å². The summed E-state index contributed by atoms with van der Waals surface area (Å²) in [5.74, 6) is -2.86. The van der Waals surface area contributed by atoms with E-state index >= 15 is 0 Å². The Hall–Kier alpha value is -2.61. The second-order valence-corrected chi connectivity index (χ2v) is 9.85. The van der Waals surface area contributed by atoms with Crippen LogP contribution in [0, 0.1) is 11.7 Å². The number of hydrogen-bond acceptors (Lipinski definition) is 8. The highest BCUT2D eigenvalue weighted by molar-refractivity contribution is 7.89. The van der Waals surface area contributed by atoms with Gasteiger partial charge in [-0.2, -0.15) is 4.72 Å². The van der Waals surface area contributed by atoms with Crippen LogP contribution in [0.25, 0.3) is 0 Å². The van der Waals surface area contributed by atoms with Crippen LogP contribution in [0.1, 0.15) is 24.3 Å². The van der Waals surface area contributed by atoms with E-state index in [4.69, 9.17) is 4.74 Å². The third kappa shape index (κ3) is 5.79. The highest BCUT2D eigenvalue weighted by Crippen LogP contribution is 2.21. The van der Waals surface area contributed by atoms with Crippen molar-refractivity contribution in [3.63, 3.8) is 0 Å². The summed E-state index contributed by atoms with van der Waals surface area (Å²) < 4.78 is 46.5. The number of rotatable bonds is 7. The van der Waals surface area contributed by atoms with Crippen LogP contribution in [-0.2, 0) is 19.6 Å². The zero-order valence-corrected chi connectivity index (χ0v) is 19.1. The molecular formula is C19H24FN5O5S2. The summed E-state index contributed by atoms with van der Waals surface area (Å²) in [7, 11) is -4.31. The highest BCUT2D eigenvalue weighted by Gasteiger charge is 2.30. The first kappa shape index (κ1) is 24.0. The lowest BCUT2D eigenvalue weighted by Crippen LogP contribution is -2.54. The van der Waals surface area contributed by atoms with Gasteiger partial charge in [0.15, 0.2) is 5.13 Å². The van der Waals surface area contributed by atoms with E-state index in [1.165, 1.54) is 23.5 Å². The van der Waals surface area contributed by atoms with Crippen LogP contribution in [0.15, 0.2) is 34.5 Å². The van der Waals surface area contributed by atoms with Gasteiger partial charge in [-0.3, -0.25) is 20.4 Å². The van der Waals surface area contributed by atoms with Crippen LogP contribution < -0.4 is 20.5 Å². The molecule has 0 saturated carbocycles. The normalized spacial score (nSPS) is 15.4. The molecule has 32 heavy (non-hydrogen) atoms. The number of hydrazine groups is 1. The van der Waals surface area contributed by atoms with Gasteiger partial charge in [0.1, 0.15) is 22.4 Å². The average Bonchev–Trinajstić information content (AvgIpc) is 3.27. The van der Waals surface area contributed by atoms with Crippen LogP contribution >= 0.6 is 11.3 Å². The minimum atomic E-state index is -4.31. The molecule has 174 valence electrons. The number of morpholine rings is 1. The predicted octanol–water partition coefficient (Wildman–Crippen LogP) is 0.883. The van der Waals surface area contributed by atoms with Crippen molar-refractivity contribution in [2.45, 2.75) is 24.8 Å². The third-order valence-corrected chi connectivity index (χ3v) is 7.04. The molecule has 0 spiro atoms. The van der Waals surface area contributed by atoms with Gasteiger partial charge in [-0.25, -0.2) is 17.8 Å². The van der Waals surface area contributed by atoms with Gasteiger partial charge < -0.3 is 9.64 Å². The van der Waals surface area contributed by atoms with Crippen LogP contribution in [-0.4, -0.2) is 57.6 Å². The minimum absolute atomic E-state index is 0.116. The van der Waals surface area contributed by atoms with E-state index in [0.717, 1.165) is 12.1 Å². The second-order valence-electron chi connectivity index (χ2n) is 7.33. The molecule has 3 rings (SSSR count). The molecule has 0 aliphatic carbocycles. The Morgan fingerprint density at radius 2 is 1.88 bits per heavy atom. The Balaban J connectivity index is 1.62. The molecule has 1 atom stereocenters. The van der Waals surface area contributed by atoms with Gasteiger partial charge in [0.05, 0.1) is 13.2 Å². The zero-order valence-electron chi connectivity index (χ0n) is 17.5. The monoisotopic (exact) mass is 485 g/mol. The van der Waals surface area contributed by atoms with Crippen molar-refractivity contribution >= 4 is 38.3 Å². The molecule has 1 aliphatic heterocycles. The number of carbonyl (C=O) groups is 2. The Labute approximate surface area is 189 Å². The molecule has 1 aliphatic rings. The van der Waals surface area contributed by atoms with Crippen molar-refractivity contribution in [3.05, 3.63) is 41.2 Å². The maximum Gasteiger partial charge on any atom is 0.289 e. The van der Waals surface area contributed by atoms with Gasteiger partial charge in [0.2, 0.25) is 10.0 Å². The van der Waals surface area contributed by atoms with Crippen molar-refractivity contribution in [3.8, 4) is 0 Å². The number of amides is 2. The number of aromatic nitrogens is 1. The largest absolute Gasteiger partial charge is 0.378 e. The van der Waals surface area contributed by atoms with Gasteiger partial charge in [0, 0.05) is 18.5 Å². The molecule has 2 aromatic rings. The first-order valence-corrected chi connectivity index (χ1v) is 12.2. The van der Waals surface area contributed by atoms with Crippen molar-refractivity contribution < 1.29 is 27.1 Å². The molecule has 0 radical (unpaired) electrons. The van der Waals surface area contributed by atoms with Crippen molar-refractivity contribution in [2.75, 3.05) is 31.2 Å². The van der Waals surface area contributed by atoms with E-state index in [1.807, 2.05) is 4.90 Å². The molecule has 2 heterocycles. The Morgan fingerprint density at radius 1 is 1.19 bits per heavy atom. The van der Waals surface area contributed by atoms with E-state index in [-0.39, 0.29) is 5.69 Å². The summed E-state index contributed by atoms with van der Waals surface area (Å²) in [6.07, 6.45) is 0. The summed E-state index contributed by atoms with van der Waals surface area (Å²) in [6.45, 7) is 5.73. The summed E-state index contributed by atoms with van der Waals surface area (Å²) in [4.78, 5) is 30.7. The number of halogens is 1. The molecule has 1 saturated heterocycles. The summed E-state index contributed by atoms with van der Waals surface area (Å²) in [5.41, 5.74) is 4.57. The zero-order chi connectivity index (χ0) is 23.3. The van der Waals surface area contributed by atoms with Crippen molar-refractivity contribution in [2.24, 2.45) is 5.92 Å². The van der Waals surface area contributed by atoms with Crippen molar-refractivity contribution in [1.82, 2.24) is 20.6 Å². The topological polar surface area (TPSA) is 130 Å². The fourth-order valence-corrected chi connectivity index (χ4v) is 5.20. The van der Waals surface area contributed by atoms with E-state index < -0.39 is 44.5 Å². The third-order valence-electron chi connectivity index (χ3n) is 4.66. The predicted molar refractivity (Wildman–Crippen MR) is 116 cm³/mol. The second kappa shape index (κ2) is 10.3. The van der Waals surface area contributed by atoms with Gasteiger partial charge in [-0.05, 0) is 18.1 Å². The Morgan fingerprint density at radius 3 is 2.53 bits per heavy atom. The summed E-state index contributed by atoms with van der Waals surface area (Å²) >= 11 is 1.30. The van der Waals surface area contributed by atoms with Gasteiger partial charge >= 0.3 is 0 Å². The molecule has 13 heteroatoms. The van der Waals surface area contributed by atoms with Crippen LogP contribution in [0.5, 0.6) is 0 Å². The fraction of sp³-hybridized carbons (Fsp3) is 0.421. The number of anilines is 1. The van der Waals surface area contributed by atoms with Gasteiger partial charge in [0.25, 0.3) is 11.8 Å². The summed E-state index contributed by atoms with van der Waals surface area (Å²) in [6, 6.07) is 3.60. The molecule has 2 amide bonds. The van der Waals surface area contributed by atoms with E-state index in [2.05, 4.69) is 20.6 Å². The van der Waals surface area contributed by atoms with Crippen LogP contribution in [0.2, 0.25) is 0 Å². The van der Waals surface area contributed by atoms with E-state index in [9.17, 15) is 22.4 Å². The smallest absolute Gasteiger partial charge is 0.289 e. The number of hydrogen-bond donors (Lipinski definition) is 3. The Bertz CT molecular complexity index is 1070. The minimum Gasteiger partial charge on any atom is -0.378 e. The number of carbonyl (C=O) groups excluding carboxylic acids is 2. The number of nitrogens with zero attached hydrogens (tertiary/aromatic N) is 2. The fourth-order valence-electron chi connectivity index (χ4n) is 2.91. The Kier molecular flexibility index (Phi) is 7.77. The van der Waals surface area contributed by atoms with Crippen LogP contribution in [0.4, 0.5) is 9.52 Å². The first-order chi connectivity index (χ1) is 15.2. The highest BCUT2D eigenvalue weighted by atomic mass is 32.2. The first-order valence-electron chi connectivity index (χ1n) is 9.84. The molecule has 10 nitrogen and oxygen atoms in total. The number of thiazole rings is 1. The lowest BCUT2D eigenvalue weighted by molar-refractivity contribution is -0.124. The molecule has 3 N–H and O–H groups in total. The molecule has 1 aromatic heterocycles. The number of ether oxygens (including phenoxy) is 1. The molecule has 1 fully saturated rings. The maximum absolute atomic E-state index is 13.9. The van der Waals surface area contributed by atoms with Crippen LogP contribution in [0.3, 0.4) is 0 Å².